The minimum Gasteiger partial charge on any atom is -0.497 e. The minimum absolute atomic E-state index is 0.0641. The molecule has 0 spiro atoms. The molecule has 2 rings (SSSR count). The van der Waals surface area contributed by atoms with E-state index in [2.05, 4.69) is 45.3 Å². The van der Waals surface area contributed by atoms with Crippen LogP contribution in [0.2, 0.25) is 0 Å². The van der Waals surface area contributed by atoms with Gasteiger partial charge < -0.3 is 15.8 Å². The van der Waals surface area contributed by atoms with Gasteiger partial charge in [-0.05, 0) is 39.8 Å². The van der Waals surface area contributed by atoms with Gasteiger partial charge >= 0.3 is 0 Å². The Hall–Kier alpha value is -1.85. The molecule has 5 nitrogen and oxygen atoms in total. The molecule has 2 aromatic rings. The van der Waals surface area contributed by atoms with Gasteiger partial charge in [-0.2, -0.15) is 5.10 Å². The number of ether oxygens (including phenoxy) is 1. The Morgan fingerprint density at radius 1 is 1.35 bits per heavy atom. The van der Waals surface area contributed by atoms with Crippen LogP contribution in [0.15, 0.2) is 30.5 Å². The molecular formula is C18H28N4O. The third kappa shape index (κ3) is 4.33. The molecule has 0 radical (unpaired) electrons. The van der Waals surface area contributed by atoms with Gasteiger partial charge in [0.2, 0.25) is 0 Å². The summed E-state index contributed by atoms with van der Waals surface area (Å²) < 4.78 is 7.36. The highest BCUT2D eigenvalue weighted by Gasteiger charge is 2.19. The second-order valence-electron chi connectivity index (χ2n) is 6.87. The van der Waals surface area contributed by atoms with Crippen LogP contribution in [0.3, 0.4) is 0 Å². The van der Waals surface area contributed by atoms with Gasteiger partial charge in [0.05, 0.1) is 18.3 Å². The van der Waals surface area contributed by atoms with Crippen LogP contribution >= 0.6 is 0 Å². The van der Waals surface area contributed by atoms with Crippen LogP contribution in [0.4, 0.5) is 0 Å². The van der Waals surface area contributed by atoms with E-state index in [0.29, 0.717) is 6.54 Å². The summed E-state index contributed by atoms with van der Waals surface area (Å²) in [6.45, 7) is 9.88. The molecule has 5 heteroatoms. The summed E-state index contributed by atoms with van der Waals surface area (Å²) in [6.07, 6.45) is 2.12. The van der Waals surface area contributed by atoms with Crippen molar-refractivity contribution in [1.82, 2.24) is 15.1 Å². The standard InChI is InChI=1S/C18H28N4O/c1-13(10-19)20-11-15-12-22(18(2,3)4)21-17(15)14-7-6-8-16(9-14)23-5/h6-9,12-13,20H,10-11,19H2,1-5H3/t13-/m0/s1. The molecule has 1 atom stereocenters. The van der Waals surface area contributed by atoms with Gasteiger partial charge in [-0.15, -0.1) is 0 Å². The minimum atomic E-state index is -0.0641. The first-order valence-corrected chi connectivity index (χ1v) is 8.02. The number of methoxy groups -OCH3 is 1. The lowest BCUT2D eigenvalue weighted by molar-refractivity contribution is 0.356. The molecule has 3 N–H and O–H groups in total. The van der Waals surface area contributed by atoms with Crippen molar-refractivity contribution in [2.24, 2.45) is 5.73 Å². The predicted molar refractivity (Wildman–Crippen MR) is 94.6 cm³/mol. The highest BCUT2D eigenvalue weighted by Crippen LogP contribution is 2.27. The molecule has 0 unspecified atom stereocenters. The maximum absolute atomic E-state index is 5.70. The monoisotopic (exact) mass is 316 g/mol. The first kappa shape index (κ1) is 17.5. The lowest BCUT2D eigenvalue weighted by Crippen LogP contribution is -2.32. The van der Waals surface area contributed by atoms with Crippen molar-refractivity contribution in [3.8, 4) is 17.0 Å². The van der Waals surface area contributed by atoms with Crippen LogP contribution in [0.5, 0.6) is 5.75 Å². The van der Waals surface area contributed by atoms with Crippen LogP contribution in [-0.4, -0.2) is 29.5 Å². The van der Waals surface area contributed by atoms with E-state index in [1.165, 1.54) is 0 Å². The Balaban J connectivity index is 2.40. The molecule has 1 heterocycles. The third-order valence-electron chi connectivity index (χ3n) is 3.82. The molecular weight excluding hydrogens is 288 g/mol. The molecule has 23 heavy (non-hydrogen) atoms. The first-order chi connectivity index (χ1) is 10.8. The van der Waals surface area contributed by atoms with Gasteiger partial charge in [0.25, 0.3) is 0 Å². The normalized spacial score (nSPS) is 13.1. The molecule has 1 aromatic heterocycles. The number of hydrogen-bond acceptors (Lipinski definition) is 4. The van der Waals surface area contributed by atoms with Crippen molar-refractivity contribution in [2.75, 3.05) is 13.7 Å². The van der Waals surface area contributed by atoms with Gasteiger partial charge in [0, 0.05) is 36.5 Å². The SMILES string of the molecule is COc1cccc(-c2nn(C(C)(C)C)cc2CN[C@@H](C)CN)c1. The van der Waals surface area contributed by atoms with Crippen LogP contribution in [0.1, 0.15) is 33.3 Å². The highest BCUT2D eigenvalue weighted by atomic mass is 16.5. The lowest BCUT2D eigenvalue weighted by Gasteiger charge is -2.19. The summed E-state index contributed by atoms with van der Waals surface area (Å²) in [5.74, 6) is 0.835. The van der Waals surface area contributed by atoms with Gasteiger partial charge in [0.1, 0.15) is 5.75 Å². The largest absolute Gasteiger partial charge is 0.497 e. The maximum atomic E-state index is 5.70. The fourth-order valence-corrected chi connectivity index (χ4v) is 2.26. The number of nitrogens with one attached hydrogen (secondary N) is 1. The summed E-state index contributed by atoms with van der Waals surface area (Å²) in [5, 5.41) is 8.26. The Bertz CT molecular complexity index is 643. The zero-order valence-electron chi connectivity index (χ0n) is 14.8. The van der Waals surface area contributed by atoms with Gasteiger partial charge in [-0.3, -0.25) is 4.68 Å². The van der Waals surface area contributed by atoms with Crippen LogP contribution in [-0.2, 0) is 12.1 Å². The molecule has 0 aliphatic rings. The number of rotatable bonds is 6. The van der Waals surface area contributed by atoms with Crippen molar-refractivity contribution in [3.63, 3.8) is 0 Å². The molecule has 0 aliphatic heterocycles. The maximum Gasteiger partial charge on any atom is 0.119 e. The number of benzene rings is 1. The molecule has 0 fully saturated rings. The summed E-state index contributed by atoms with van der Waals surface area (Å²) >= 11 is 0. The van der Waals surface area contributed by atoms with E-state index in [4.69, 9.17) is 15.6 Å². The summed E-state index contributed by atoms with van der Waals surface area (Å²) in [4.78, 5) is 0. The molecule has 0 saturated carbocycles. The van der Waals surface area contributed by atoms with E-state index in [9.17, 15) is 0 Å². The van der Waals surface area contributed by atoms with Gasteiger partial charge in [-0.25, -0.2) is 0 Å². The second kappa shape index (κ2) is 7.15. The van der Waals surface area contributed by atoms with E-state index in [1.807, 2.05) is 22.9 Å². The first-order valence-electron chi connectivity index (χ1n) is 8.02. The Morgan fingerprint density at radius 2 is 2.09 bits per heavy atom. The highest BCUT2D eigenvalue weighted by molar-refractivity contribution is 5.64. The van der Waals surface area contributed by atoms with Crippen molar-refractivity contribution < 1.29 is 4.74 Å². The van der Waals surface area contributed by atoms with Crippen molar-refractivity contribution in [3.05, 3.63) is 36.0 Å². The number of hydrogen-bond donors (Lipinski definition) is 2. The third-order valence-corrected chi connectivity index (χ3v) is 3.82. The van der Waals surface area contributed by atoms with Gasteiger partial charge in [0.15, 0.2) is 0 Å². The van der Waals surface area contributed by atoms with E-state index in [1.54, 1.807) is 7.11 Å². The topological polar surface area (TPSA) is 65.1 Å². The Morgan fingerprint density at radius 3 is 2.70 bits per heavy atom. The molecule has 0 amide bonds. The van der Waals surface area contributed by atoms with E-state index in [-0.39, 0.29) is 11.6 Å². The predicted octanol–water partition coefficient (Wildman–Crippen LogP) is 2.75. The van der Waals surface area contributed by atoms with Crippen molar-refractivity contribution in [1.29, 1.82) is 0 Å². The van der Waals surface area contributed by atoms with Gasteiger partial charge in [-0.1, -0.05) is 12.1 Å². The molecule has 1 aromatic carbocycles. The number of nitrogens with zero attached hydrogens (tertiary/aromatic N) is 2. The number of nitrogens with two attached hydrogens (primary N) is 1. The molecule has 0 aliphatic carbocycles. The summed E-state index contributed by atoms with van der Waals surface area (Å²) in [5.41, 5.74) is 8.84. The Kier molecular flexibility index (Phi) is 5.44. The average molecular weight is 316 g/mol. The zero-order chi connectivity index (χ0) is 17.0. The smallest absolute Gasteiger partial charge is 0.119 e. The second-order valence-corrected chi connectivity index (χ2v) is 6.87. The summed E-state index contributed by atoms with van der Waals surface area (Å²) in [6, 6.07) is 8.29. The fourth-order valence-electron chi connectivity index (χ4n) is 2.26. The van der Waals surface area contributed by atoms with E-state index < -0.39 is 0 Å². The molecule has 0 saturated heterocycles. The molecule has 126 valence electrons. The summed E-state index contributed by atoms with van der Waals surface area (Å²) in [7, 11) is 1.68. The van der Waals surface area contributed by atoms with Crippen LogP contribution < -0.4 is 15.8 Å². The van der Waals surface area contributed by atoms with E-state index in [0.717, 1.165) is 29.1 Å². The quantitative estimate of drug-likeness (QED) is 0.860. The number of aromatic nitrogens is 2. The fraction of sp³-hybridized carbons (Fsp3) is 0.500. The van der Waals surface area contributed by atoms with Crippen LogP contribution in [0.25, 0.3) is 11.3 Å². The van der Waals surface area contributed by atoms with Crippen molar-refractivity contribution in [2.45, 2.75) is 45.8 Å². The van der Waals surface area contributed by atoms with E-state index >= 15 is 0 Å². The van der Waals surface area contributed by atoms with Crippen LogP contribution in [0, 0.1) is 0 Å². The average Bonchev–Trinajstić information content (AvgIpc) is 2.97. The Labute approximate surface area is 138 Å². The lowest BCUT2D eigenvalue weighted by atomic mass is 10.1. The molecule has 0 bridgehead atoms. The van der Waals surface area contributed by atoms with Crippen molar-refractivity contribution >= 4 is 0 Å². The zero-order valence-corrected chi connectivity index (χ0v) is 14.8.